The summed E-state index contributed by atoms with van der Waals surface area (Å²) in [7, 11) is 2.10. The molecule has 0 aromatic carbocycles. The predicted molar refractivity (Wildman–Crippen MR) is 71.8 cm³/mol. The number of hydrogen-bond donors (Lipinski definition) is 1. The molecule has 0 radical (unpaired) electrons. The summed E-state index contributed by atoms with van der Waals surface area (Å²) in [6, 6.07) is 0.612. The van der Waals surface area contributed by atoms with E-state index in [4.69, 9.17) is 0 Å². The number of hydrogen-bond acceptors (Lipinski definition) is 2. The molecule has 0 saturated heterocycles. The highest BCUT2D eigenvalue weighted by molar-refractivity contribution is 5.13. The molecule has 0 aromatic heterocycles. The second kappa shape index (κ2) is 7.86. The molecular formula is C14H28N2. The molecule has 0 heterocycles. The Hall–Kier alpha value is -0.340. The van der Waals surface area contributed by atoms with Gasteiger partial charge in [0.25, 0.3) is 0 Å². The Balaban J connectivity index is 2.38. The molecule has 1 rings (SSSR count). The highest BCUT2D eigenvalue weighted by atomic mass is 15.1. The van der Waals surface area contributed by atoms with E-state index in [9.17, 15) is 0 Å². The summed E-state index contributed by atoms with van der Waals surface area (Å²) in [6.07, 6.45) is 9.09. The fourth-order valence-corrected chi connectivity index (χ4v) is 2.55. The fraction of sp³-hybridized carbons (Fsp3) is 0.857. The topological polar surface area (TPSA) is 15.3 Å². The zero-order chi connectivity index (χ0) is 11.8. The standard InChI is InChI=1S/C14H28N2/c1-4-16(5-2)12-11-14(15-3)13-9-7-6-8-10-13/h9,14-15H,4-8,10-12H2,1-3H3. The summed E-state index contributed by atoms with van der Waals surface area (Å²) in [5.74, 6) is 0. The van der Waals surface area contributed by atoms with Gasteiger partial charge in [-0.15, -0.1) is 0 Å². The van der Waals surface area contributed by atoms with Crippen molar-refractivity contribution in [1.82, 2.24) is 10.2 Å². The van der Waals surface area contributed by atoms with Crippen molar-refractivity contribution in [3.63, 3.8) is 0 Å². The van der Waals surface area contributed by atoms with Crippen molar-refractivity contribution in [1.29, 1.82) is 0 Å². The van der Waals surface area contributed by atoms with Crippen molar-refractivity contribution in [3.8, 4) is 0 Å². The lowest BCUT2D eigenvalue weighted by Crippen LogP contribution is -2.34. The van der Waals surface area contributed by atoms with Crippen molar-refractivity contribution >= 4 is 0 Å². The molecule has 0 spiro atoms. The third kappa shape index (κ3) is 4.26. The summed E-state index contributed by atoms with van der Waals surface area (Å²) in [6.45, 7) is 8.06. The van der Waals surface area contributed by atoms with Crippen LogP contribution in [0.4, 0.5) is 0 Å². The summed E-state index contributed by atoms with van der Waals surface area (Å²) in [5.41, 5.74) is 1.65. The SMILES string of the molecule is CCN(CC)CCC(NC)C1=CCCCC1. The molecule has 0 aliphatic heterocycles. The van der Waals surface area contributed by atoms with Gasteiger partial charge in [0, 0.05) is 6.04 Å². The molecule has 94 valence electrons. The molecular weight excluding hydrogens is 196 g/mol. The Kier molecular flexibility index (Phi) is 6.74. The molecule has 2 heteroatoms. The number of likely N-dealkylation sites (N-methyl/N-ethyl adjacent to an activating group) is 1. The van der Waals surface area contributed by atoms with Crippen molar-refractivity contribution in [3.05, 3.63) is 11.6 Å². The van der Waals surface area contributed by atoms with Gasteiger partial charge < -0.3 is 10.2 Å². The van der Waals surface area contributed by atoms with Crippen molar-refractivity contribution < 1.29 is 0 Å². The van der Waals surface area contributed by atoms with Crippen molar-refractivity contribution in [2.45, 2.75) is 52.0 Å². The van der Waals surface area contributed by atoms with E-state index in [-0.39, 0.29) is 0 Å². The van der Waals surface area contributed by atoms with Gasteiger partial charge in [0.05, 0.1) is 0 Å². The summed E-state index contributed by atoms with van der Waals surface area (Å²) >= 11 is 0. The molecule has 2 nitrogen and oxygen atoms in total. The summed E-state index contributed by atoms with van der Waals surface area (Å²) in [4.78, 5) is 2.51. The number of nitrogens with zero attached hydrogens (tertiary/aromatic N) is 1. The van der Waals surface area contributed by atoms with Gasteiger partial charge in [0.15, 0.2) is 0 Å². The Labute approximate surface area is 101 Å². The van der Waals surface area contributed by atoms with E-state index in [2.05, 4.69) is 37.2 Å². The average Bonchev–Trinajstić information content (AvgIpc) is 2.36. The van der Waals surface area contributed by atoms with Gasteiger partial charge in [0.1, 0.15) is 0 Å². The second-order valence-electron chi connectivity index (χ2n) is 4.68. The van der Waals surface area contributed by atoms with E-state index in [1.54, 1.807) is 5.57 Å². The van der Waals surface area contributed by atoms with Crippen LogP contribution in [0.2, 0.25) is 0 Å². The number of allylic oxidation sites excluding steroid dienone is 1. The predicted octanol–water partition coefficient (Wildman–Crippen LogP) is 2.81. The van der Waals surface area contributed by atoms with Crippen molar-refractivity contribution in [2.75, 3.05) is 26.7 Å². The largest absolute Gasteiger partial charge is 0.313 e. The molecule has 0 saturated carbocycles. The van der Waals surface area contributed by atoms with Crippen LogP contribution in [-0.2, 0) is 0 Å². The lowest BCUT2D eigenvalue weighted by Gasteiger charge is -2.26. The first-order chi connectivity index (χ1) is 7.81. The highest BCUT2D eigenvalue weighted by Gasteiger charge is 2.14. The normalized spacial score (nSPS) is 18.6. The van der Waals surface area contributed by atoms with E-state index < -0.39 is 0 Å². The highest BCUT2D eigenvalue weighted by Crippen LogP contribution is 2.21. The van der Waals surface area contributed by atoms with Crippen LogP contribution in [0.15, 0.2) is 11.6 Å². The Morgan fingerprint density at radius 3 is 2.56 bits per heavy atom. The number of rotatable bonds is 7. The van der Waals surface area contributed by atoms with Crippen LogP contribution in [0, 0.1) is 0 Å². The first kappa shape index (κ1) is 13.7. The van der Waals surface area contributed by atoms with Crippen LogP contribution < -0.4 is 5.32 Å². The van der Waals surface area contributed by atoms with E-state index in [1.165, 1.54) is 51.7 Å². The van der Waals surface area contributed by atoms with Crippen LogP contribution in [0.3, 0.4) is 0 Å². The molecule has 1 aliphatic rings. The van der Waals surface area contributed by atoms with Gasteiger partial charge in [-0.3, -0.25) is 0 Å². The van der Waals surface area contributed by atoms with Gasteiger partial charge in [-0.25, -0.2) is 0 Å². The fourth-order valence-electron chi connectivity index (χ4n) is 2.55. The Morgan fingerprint density at radius 2 is 2.06 bits per heavy atom. The van der Waals surface area contributed by atoms with Gasteiger partial charge in [-0.05, 0) is 58.8 Å². The molecule has 1 unspecified atom stereocenters. The second-order valence-corrected chi connectivity index (χ2v) is 4.68. The maximum Gasteiger partial charge on any atom is 0.0288 e. The van der Waals surface area contributed by atoms with Crippen LogP contribution in [0.25, 0.3) is 0 Å². The van der Waals surface area contributed by atoms with Gasteiger partial charge >= 0.3 is 0 Å². The minimum Gasteiger partial charge on any atom is -0.313 e. The van der Waals surface area contributed by atoms with E-state index in [0.717, 1.165) is 0 Å². The van der Waals surface area contributed by atoms with Gasteiger partial charge in [0.2, 0.25) is 0 Å². The molecule has 0 fully saturated rings. The minimum absolute atomic E-state index is 0.612. The van der Waals surface area contributed by atoms with Crippen LogP contribution >= 0.6 is 0 Å². The third-order valence-corrected chi connectivity index (χ3v) is 3.75. The van der Waals surface area contributed by atoms with Crippen LogP contribution in [-0.4, -0.2) is 37.6 Å². The molecule has 1 aliphatic carbocycles. The molecule has 1 N–H and O–H groups in total. The van der Waals surface area contributed by atoms with Crippen LogP contribution in [0.5, 0.6) is 0 Å². The van der Waals surface area contributed by atoms with Crippen molar-refractivity contribution in [2.24, 2.45) is 0 Å². The molecule has 16 heavy (non-hydrogen) atoms. The monoisotopic (exact) mass is 224 g/mol. The van der Waals surface area contributed by atoms with E-state index in [1.807, 2.05) is 0 Å². The average molecular weight is 224 g/mol. The zero-order valence-corrected chi connectivity index (χ0v) is 11.3. The quantitative estimate of drug-likeness (QED) is 0.669. The molecule has 0 aromatic rings. The number of nitrogens with one attached hydrogen (secondary N) is 1. The first-order valence-corrected chi connectivity index (χ1v) is 6.90. The lowest BCUT2D eigenvalue weighted by molar-refractivity contribution is 0.288. The maximum absolute atomic E-state index is 3.48. The van der Waals surface area contributed by atoms with Gasteiger partial charge in [-0.1, -0.05) is 25.5 Å². The minimum atomic E-state index is 0.612. The zero-order valence-electron chi connectivity index (χ0n) is 11.3. The maximum atomic E-state index is 3.48. The third-order valence-electron chi connectivity index (χ3n) is 3.75. The Morgan fingerprint density at radius 1 is 1.31 bits per heavy atom. The van der Waals surface area contributed by atoms with Gasteiger partial charge in [-0.2, -0.15) is 0 Å². The first-order valence-electron chi connectivity index (χ1n) is 6.90. The molecule has 0 amide bonds. The van der Waals surface area contributed by atoms with E-state index in [0.29, 0.717) is 6.04 Å². The van der Waals surface area contributed by atoms with Crippen LogP contribution in [0.1, 0.15) is 46.0 Å². The smallest absolute Gasteiger partial charge is 0.0288 e. The van der Waals surface area contributed by atoms with E-state index >= 15 is 0 Å². The lowest BCUT2D eigenvalue weighted by atomic mass is 9.92. The molecule has 0 bridgehead atoms. The Bertz CT molecular complexity index is 207. The molecule has 1 atom stereocenters. The summed E-state index contributed by atoms with van der Waals surface area (Å²) in [5, 5.41) is 3.48. The summed E-state index contributed by atoms with van der Waals surface area (Å²) < 4.78 is 0.